The first-order chi connectivity index (χ1) is 13.8. The van der Waals surface area contributed by atoms with Crippen LogP contribution < -0.4 is 0 Å². The minimum atomic E-state index is -1.01. The minimum absolute atomic E-state index is 0.111. The normalized spacial score (nSPS) is 26.6. The molecule has 1 rings (SSSR count). The summed E-state index contributed by atoms with van der Waals surface area (Å²) in [4.78, 5) is 34.6. The second kappa shape index (κ2) is 13.5. The van der Waals surface area contributed by atoms with Crippen LogP contribution in [0, 0.1) is 0 Å². The molecule has 1 aliphatic rings. The van der Waals surface area contributed by atoms with E-state index >= 15 is 0 Å². The third-order valence-electron chi connectivity index (χ3n) is 4.44. The molecule has 5 unspecified atom stereocenters. The summed E-state index contributed by atoms with van der Waals surface area (Å²) in [6.07, 6.45) is 0.682. The average Bonchev–Trinajstić information content (AvgIpc) is 2.64. The monoisotopic (exact) mass is 418 g/mol. The summed E-state index contributed by atoms with van der Waals surface area (Å²) < 4.78 is 32.9. The molecule has 1 aliphatic heterocycles. The molecule has 0 N–H and O–H groups in total. The number of hydrogen-bond donors (Lipinski definition) is 0. The van der Waals surface area contributed by atoms with Crippen molar-refractivity contribution >= 4 is 17.9 Å². The second-order valence-corrected chi connectivity index (χ2v) is 6.98. The van der Waals surface area contributed by atoms with E-state index in [1.165, 1.54) is 27.9 Å². The number of esters is 3. The van der Waals surface area contributed by atoms with Gasteiger partial charge in [0.05, 0.1) is 0 Å². The fraction of sp³-hybridized carbons (Fsp3) is 0.850. The van der Waals surface area contributed by atoms with Gasteiger partial charge in [0.15, 0.2) is 18.5 Å². The van der Waals surface area contributed by atoms with Gasteiger partial charge in [-0.1, -0.05) is 32.6 Å². The number of rotatable bonds is 12. The maximum Gasteiger partial charge on any atom is 0.303 e. The highest BCUT2D eigenvalue weighted by molar-refractivity contribution is 5.67. The van der Waals surface area contributed by atoms with Gasteiger partial charge in [0.1, 0.15) is 18.8 Å². The summed E-state index contributed by atoms with van der Waals surface area (Å²) in [7, 11) is 1.38. The van der Waals surface area contributed by atoms with Crippen LogP contribution in [0.1, 0.15) is 59.8 Å². The number of ether oxygens (including phenoxy) is 6. The van der Waals surface area contributed by atoms with Gasteiger partial charge in [-0.3, -0.25) is 14.4 Å². The molecule has 9 heteroatoms. The predicted octanol–water partition coefficient (Wildman–Crippen LogP) is 2.14. The van der Waals surface area contributed by atoms with E-state index in [9.17, 15) is 14.4 Å². The standard InChI is InChI=1S/C20H34O9/c1-6-7-8-9-10-11-25-17-16(12-26-13(2)21)29-20(24-5)19(28-15(4)23)18(17)27-14(3)22/h16-20H,6-12H2,1-5H3. The van der Waals surface area contributed by atoms with E-state index < -0.39 is 48.6 Å². The lowest BCUT2D eigenvalue weighted by Crippen LogP contribution is -2.62. The van der Waals surface area contributed by atoms with Gasteiger partial charge in [-0.25, -0.2) is 0 Å². The number of carbonyl (C=O) groups excluding carboxylic acids is 3. The van der Waals surface area contributed by atoms with Crippen molar-refractivity contribution in [3.8, 4) is 0 Å². The first-order valence-corrected chi connectivity index (χ1v) is 10.1. The van der Waals surface area contributed by atoms with E-state index in [0.29, 0.717) is 6.61 Å². The largest absolute Gasteiger partial charge is 0.463 e. The summed E-state index contributed by atoms with van der Waals surface area (Å²) >= 11 is 0. The van der Waals surface area contributed by atoms with Crippen molar-refractivity contribution in [2.75, 3.05) is 20.3 Å². The van der Waals surface area contributed by atoms with Crippen molar-refractivity contribution in [2.24, 2.45) is 0 Å². The number of methoxy groups -OCH3 is 1. The summed E-state index contributed by atoms with van der Waals surface area (Å²) in [5.41, 5.74) is 0. The Morgan fingerprint density at radius 2 is 1.45 bits per heavy atom. The Morgan fingerprint density at radius 1 is 0.828 bits per heavy atom. The summed E-state index contributed by atoms with van der Waals surface area (Å²) in [5.74, 6) is -1.62. The van der Waals surface area contributed by atoms with Crippen LogP contribution in [0.5, 0.6) is 0 Å². The molecule has 0 aromatic heterocycles. The second-order valence-electron chi connectivity index (χ2n) is 6.98. The number of unbranched alkanes of at least 4 members (excludes halogenated alkanes) is 4. The molecule has 168 valence electrons. The Bertz CT molecular complexity index is 522. The molecular formula is C20H34O9. The van der Waals surface area contributed by atoms with E-state index in [1.807, 2.05) is 0 Å². The highest BCUT2D eigenvalue weighted by Crippen LogP contribution is 2.29. The third kappa shape index (κ3) is 9.10. The summed E-state index contributed by atoms with van der Waals surface area (Å²) in [6, 6.07) is 0. The molecule has 0 amide bonds. The zero-order chi connectivity index (χ0) is 21.8. The fourth-order valence-electron chi connectivity index (χ4n) is 3.17. The van der Waals surface area contributed by atoms with Gasteiger partial charge in [-0.2, -0.15) is 0 Å². The molecule has 29 heavy (non-hydrogen) atoms. The van der Waals surface area contributed by atoms with Gasteiger partial charge in [0.2, 0.25) is 0 Å². The molecule has 1 fully saturated rings. The first kappa shape index (κ1) is 25.3. The predicted molar refractivity (Wildman–Crippen MR) is 102 cm³/mol. The highest BCUT2D eigenvalue weighted by atomic mass is 16.7. The zero-order valence-electron chi connectivity index (χ0n) is 18.0. The van der Waals surface area contributed by atoms with Gasteiger partial charge in [0, 0.05) is 34.5 Å². The molecule has 1 saturated heterocycles. The lowest BCUT2D eigenvalue weighted by Gasteiger charge is -2.44. The molecule has 0 aromatic rings. The van der Waals surface area contributed by atoms with Gasteiger partial charge in [0.25, 0.3) is 0 Å². The van der Waals surface area contributed by atoms with Crippen molar-refractivity contribution in [2.45, 2.75) is 90.5 Å². The highest BCUT2D eigenvalue weighted by Gasteiger charge is 2.51. The van der Waals surface area contributed by atoms with Gasteiger partial charge >= 0.3 is 17.9 Å². The van der Waals surface area contributed by atoms with Crippen LogP contribution in [0.2, 0.25) is 0 Å². The Kier molecular flexibility index (Phi) is 11.8. The molecule has 0 aromatic carbocycles. The first-order valence-electron chi connectivity index (χ1n) is 10.1. The summed E-state index contributed by atoms with van der Waals surface area (Å²) in [6.45, 7) is 6.21. The zero-order valence-corrected chi connectivity index (χ0v) is 18.0. The van der Waals surface area contributed by atoms with Crippen LogP contribution in [-0.2, 0) is 42.8 Å². The van der Waals surface area contributed by atoms with Crippen LogP contribution >= 0.6 is 0 Å². The smallest absolute Gasteiger partial charge is 0.303 e. The third-order valence-corrected chi connectivity index (χ3v) is 4.44. The van der Waals surface area contributed by atoms with Crippen LogP contribution in [0.15, 0.2) is 0 Å². The quantitative estimate of drug-likeness (QED) is 0.268. The van der Waals surface area contributed by atoms with Crippen LogP contribution in [0.3, 0.4) is 0 Å². The molecule has 0 spiro atoms. The summed E-state index contributed by atoms with van der Waals surface area (Å²) in [5, 5.41) is 0. The molecule has 1 heterocycles. The van der Waals surface area contributed by atoms with E-state index in [2.05, 4.69) is 6.92 Å². The van der Waals surface area contributed by atoms with E-state index in [1.54, 1.807) is 0 Å². The van der Waals surface area contributed by atoms with Crippen molar-refractivity contribution < 1.29 is 42.8 Å². The molecule has 9 nitrogen and oxygen atoms in total. The van der Waals surface area contributed by atoms with Crippen LogP contribution in [-0.4, -0.2) is 68.9 Å². The topological polar surface area (TPSA) is 107 Å². The van der Waals surface area contributed by atoms with E-state index in [0.717, 1.165) is 32.1 Å². The molecule has 0 saturated carbocycles. The Balaban J connectivity index is 2.98. The Hall–Kier alpha value is -1.71. The Morgan fingerprint density at radius 3 is 2.00 bits per heavy atom. The van der Waals surface area contributed by atoms with Crippen molar-refractivity contribution in [1.82, 2.24) is 0 Å². The molecule has 0 radical (unpaired) electrons. The SMILES string of the molecule is CCCCCCCOC1C(COC(C)=O)OC(OC)C(OC(C)=O)C1OC(C)=O. The molecule has 5 atom stereocenters. The van der Waals surface area contributed by atoms with Crippen molar-refractivity contribution in [3.63, 3.8) is 0 Å². The molecule has 0 bridgehead atoms. The Labute approximate surface area is 172 Å². The number of hydrogen-bond acceptors (Lipinski definition) is 9. The maximum atomic E-state index is 11.7. The molecular weight excluding hydrogens is 384 g/mol. The van der Waals surface area contributed by atoms with Crippen molar-refractivity contribution in [1.29, 1.82) is 0 Å². The van der Waals surface area contributed by atoms with Crippen LogP contribution in [0.25, 0.3) is 0 Å². The lowest BCUT2D eigenvalue weighted by atomic mass is 9.98. The average molecular weight is 418 g/mol. The minimum Gasteiger partial charge on any atom is -0.463 e. The van der Waals surface area contributed by atoms with Crippen molar-refractivity contribution in [3.05, 3.63) is 0 Å². The van der Waals surface area contributed by atoms with Gasteiger partial charge in [-0.15, -0.1) is 0 Å². The lowest BCUT2D eigenvalue weighted by molar-refractivity contribution is -0.306. The maximum absolute atomic E-state index is 11.7. The van der Waals surface area contributed by atoms with Gasteiger partial charge in [-0.05, 0) is 6.42 Å². The van der Waals surface area contributed by atoms with Gasteiger partial charge < -0.3 is 28.4 Å². The fourth-order valence-corrected chi connectivity index (χ4v) is 3.17. The van der Waals surface area contributed by atoms with Crippen LogP contribution in [0.4, 0.5) is 0 Å². The van der Waals surface area contributed by atoms with E-state index in [-0.39, 0.29) is 6.61 Å². The number of carbonyl (C=O) groups is 3. The van der Waals surface area contributed by atoms with E-state index in [4.69, 9.17) is 28.4 Å². The molecule has 0 aliphatic carbocycles.